The van der Waals surface area contributed by atoms with Crippen LogP contribution in [0.25, 0.3) is 6.08 Å². The molecule has 1 saturated heterocycles. The largest absolute Gasteiger partial charge is 0.491 e. The van der Waals surface area contributed by atoms with Crippen molar-refractivity contribution < 1.29 is 47.9 Å². The molecule has 1 unspecified atom stereocenters. The molecule has 0 spiro atoms. The van der Waals surface area contributed by atoms with E-state index in [4.69, 9.17) is 28.4 Å². The number of hydrogen-bond acceptors (Lipinski definition) is 10. The zero-order valence-corrected chi connectivity index (χ0v) is 23.8. The van der Waals surface area contributed by atoms with Crippen LogP contribution in [0.4, 0.5) is 0 Å². The lowest BCUT2D eigenvalue weighted by Gasteiger charge is -2.21. The molecule has 0 saturated carbocycles. The molecule has 3 rings (SSSR count). The van der Waals surface area contributed by atoms with Crippen molar-refractivity contribution in [3.63, 3.8) is 0 Å². The van der Waals surface area contributed by atoms with Crippen LogP contribution >= 0.6 is 0 Å². The summed E-state index contributed by atoms with van der Waals surface area (Å²) in [7, 11) is 1.45. The second-order valence-electron chi connectivity index (χ2n) is 10.3. The van der Waals surface area contributed by atoms with E-state index < -0.39 is 36.2 Å². The molecule has 220 valence electrons. The van der Waals surface area contributed by atoms with Crippen LogP contribution in [0.2, 0.25) is 0 Å². The SMILES string of the molecule is COCOc1cc(OCC(O)CNC(C)=O)cc2c1C(=O)O[C@@H](C)[C@H](C)/C=C\C(=O)[C@H]1OC(C)(C)O[C@H]1C/C=C/2. The first-order valence-electron chi connectivity index (χ1n) is 13.2. The van der Waals surface area contributed by atoms with E-state index in [2.05, 4.69) is 5.32 Å². The average molecular weight is 562 g/mol. The van der Waals surface area contributed by atoms with E-state index in [-0.39, 0.29) is 48.9 Å². The Bertz CT molecular complexity index is 1130. The zero-order valence-electron chi connectivity index (χ0n) is 23.8. The summed E-state index contributed by atoms with van der Waals surface area (Å²) < 4.78 is 34.2. The quantitative estimate of drug-likeness (QED) is 0.360. The van der Waals surface area contributed by atoms with Crippen LogP contribution in [0.3, 0.4) is 0 Å². The highest BCUT2D eigenvalue weighted by atomic mass is 16.8. The topological polar surface area (TPSA) is 139 Å². The van der Waals surface area contributed by atoms with Gasteiger partial charge in [-0.1, -0.05) is 25.2 Å². The Kier molecular flexibility index (Phi) is 10.9. The maximum atomic E-state index is 13.4. The number of carbonyl (C=O) groups is 3. The number of nitrogens with one attached hydrogen (secondary N) is 1. The van der Waals surface area contributed by atoms with Gasteiger partial charge in [-0.15, -0.1) is 0 Å². The van der Waals surface area contributed by atoms with Gasteiger partial charge >= 0.3 is 5.97 Å². The van der Waals surface area contributed by atoms with Crippen LogP contribution in [-0.4, -0.2) is 80.0 Å². The lowest BCUT2D eigenvalue weighted by molar-refractivity contribution is -0.152. The molecule has 11 nitrogen and oxygen atoms in total. The summed E-state index contributed by atoms with van der Waals surface area (Å²) in [5.74, 6) is -1.86. The summed E-state index contributed by atoms with van der Waals surface area (Å²) in [5, 5.41) is 12.7. The molecular weight excluding hydrogens is 522 g/mol. The molecule has 11 heteroatoms. The molecule has 40 heavy (non-hydrogen) atoms. The minimum Gasteiger partial charge on any atom is -0.491 e. The molecule has 1 fully saturated rings. The third kappa shape index (κ3) is 8.62. The minimum absolute atomic E-state index is 0.0176. The first-order chi connectivity index (χ1) is 18.9. The Balaban J connectivity index is 2.00. The summed E-state index contributed by atoms with van der Waals surface area (Å²) in [6.07, 6.45) is 4.09. The average Bonchev–Trinajstić information content (AvgIpc) is 3.21. The van der Waals surface area contributed by atoms with Crippen LogP contribution in [-0.2, 0) is 28.5 Å². The number of esters is 1. The maximum absolute atomic E-state index is 13.4. The first-order valence-corrected chi connectivity index (χ1v) is 13.2. The minimum atomic E-state index is -0.964. The van der Waals surface area contributed by atoms with E-state index in [0.29, 0.717) is 17.7 Å². The van der Waals surface area contributed by atoms with Crippen molar-refractivity contribution in [2.75, 3.05) is 27.1 Å². The van der Waals surface area contributed by atoms with Crippen molar-refractivity contribution in [3.8, 4) is 11.5 Å². The third-order valence-electron chi connectivity index (χ3n) is 6.40. The van der Waals surface area contributed by atoms with Crippen LogP contribution in [0.5, 0.6) is 11.5 Å². The lowest BCUT2D eigenvalue weighted by Crippen LogP contribution is -2.33. The summed E-state index contributed by atoms with van der Waals surface area (Å²) in [6.45, 7) is 8.20. The number of rotatable bonds is 8. The standard InChI is InChI=1S/C29H39NO10/c1-17-10-11-23(33)27-24(39-29(4,5)40-27)9-7-8-20-12-22(36-15-21(32)14-30-19(3)31)13-25(37-16-35-6)26(20)28(34)38-18(17)2/h7-8,10-13,17-18,21,24,27,32H,9,14-16H2,1-6H3,(H,30,31)/b8-7+,11-10-/t17-,18+,21?,24+,27-/m1/s1. The number of ether oxygens (including phenoxy) is 6. The molecule has 0 aromatic heterocycles. The smallest absolute Gasteiger partial charge is 0.342 e. The lowest BCUT2D eigenvalue weighted by atomic mass is 9.99. The Hall–Kier alpha value is -3.25. The fraction of sp³-hybridized carbons (Fsp3) is 0.552. The normalized spacial score (nSPS) is 26.9. The summed E-state index contributed by atoms with van der Waals surface area (Å²) >= 11 is 0. The van der Waals surface area contributed by atoms with Crippen LogP contribution in [0, 0.1) is 5.92 Å². The number of fused-ring (bicyclic) bond motifs is 2. The Morgan fingerprint density at radius 3 is 2.62 bits per heavy atom. The van der Waals surface area contributed by atoms with Gasteiger partial charge in [0.2, 0.25) is 5.91 Å². The highest BCUT2D eigenvalue weighted by Crippen LogP contribution is 2.34. The molecule has 1 aromatic carbocycles. The number of aliphatic hydroxyl groups excluding tert-OH is 1. The van der Waals surface area contributed by atoms with Gasteiger partial charge in [-0.3, -0.25) is 9.59 Å². The summed E-state index contributed by atoms with van der Waals surface area (Å²) in [4.78, 5) is 37.5. The highest BCUT2D eigenvalue weighted by Gasteiger charge is 2.43. The predicted molar refractivity (Wildman–Crippen MR) is 145 cm³/mol. The van der Waals surface area contributed by atoms with Crippen LogP contribution < -0.4 is 14.8 Å². The molecule has 2 aliphatic rings. The molecule has 0 radical (unpaired) electrons. The second-order valence-corrected chi connectivity index (χ2v) is 10.3. The molecule has 0 aliphatic carbocycles. The number of ketones is 1. The van der Waals surface area contributed by atoms with Crippen molar-refractivity contribution in [2.45, 2.75) is 71.2 Å². The maximum Gasteiger partial charge on any atom is 0.342 e. The zero-order chi connectivity index (χ0) is 29.4. The van der Waals surface area contributed by atoms with Gasteiger partial charge in [0.25, 0.3) is 0 Å². The number of benzene rings is 1. The van der Waals surface area contributed by atoms with Gasteiger partial charge in [0, 0.05) is 32.6 Å². The molecule has 1 aromatic rings. The fourth-order valence-electron chi connectivity index (χ4n) is 4.20. The molecule has 5 atom stereocenters. The predicted octanol–water partition coefficient (Wildman–Crippen LogP) is 2.79. The van der Waals surface area contributed by atoms with Gasteiger partial charge in [-0.25, -0.2) is 4.79 Å². The van der Waals surface area contributed by atoms with Crippen LogP contribution in [0.15, 0.2) is 30.4 Å². The molecule has 0 bridgehead atoms. The Labute approximate surface area is 234 Å². The molecule has 2 aliphatic heterocycles. The number of aliphatic hydroxyl groups is 1. The van der Waals surface area contributed by atoms with E-state index >= 15 is 0 Å². The second kappa shape index (κ2) is 13.9. The molecule has 2 N–H and O–H groups in total. The van der Waals surface area contributed by atoms with Crippen molar-refractivity contribution in [1.29, 1.82) is 0 Å². The van der Waals surface area contributed by atoms with Crippen LogP contribution in [0.1, 0.15) is 57.0 Å². The van der Waals surface area contributed by atoms with E-state index in [9.17, 15) is 19.5 Å². The Morgan fingerprint density at radius 2 is 1.93 bits per heavy atom. The first kappa shape index (κ1) is 31.3. The van der Waals surface area contributed by atoms with E-state index in [0.717, 1.165) is 0 Å². The van der Waals surface area contributed by atoms with E-state index in [1.807, 2.05) is 6.92 Å². The number of cyclic esters (lactones) is 1. The van der Waals surface area contributed by atoms with Gasteiger partial charge in [0.15, 0.2) is 18.4 Å². The molecule has 2 heterocycles. The monoisotopic (exact) mass is 561 g/mol. The van der Waals surface area contributed by atoms with E-state index in [1.165, 1.54) is 26.2 Å². The molecular formula is C29H39NO10. The van der Waals surface area contributed by atoms with Gasteiger partial charge < -0.3 is 38.8 Å². The molecule has 1 amide bonds. The van der Waals surface area contributed by atoms with Crippen molar-refractivity contribution in [3.05, 3.63) is 41.5 Å². The summed E-state index contributed by atoms with van der Waals surface area (Å²) in [6, 6.07) is 3.14. The number of amides is 1. The van der Waals surface area contributed by atoms with Gasteiger partial charge in [-0.2, -0.15) is 0 Å². The summed E-state index contributed by atoms with van der Waals surface area (Å²) in [5.41, 5.74) is 0.592. The number of methoxy groups -OCH3 is 1. The van der Waals surface area contributed by atoms with E-state index in [1.54, 1.807) is 45.1 Å². The fourth-order valence-corrected chi connectivity index (χ4v) is 4.20. The van der Waals surface area contributed by atoms with Crippen molar-refractivity contribution in [2.24, 2.45) is 5.92 Å². The third-order valence-corrected chi connectivity index (χ3v) is 6.40. The van der Waals surface area contributed by atoms with Gasteiger partial charge in [0.05, 0.1) is 6.10 Å². The highest BCUT2D eigenvalue weighted by molar-refractivity contribution is 5.97. The Morgan fingerprint density at radius 1 is 1.18 bits per heavy atom. The number of hydrogen-bond donors (Lipinski definition) is 2. The van der Waals surface area contributed by atoms with Gasteiger partial charge in [0.1, 0.15) is 42.0 Å². The van der Waals surface area contributed by atoms with Crippen molar-refractivity contribution >= 4 is 23.7 Å². The number of carbonyl (C=O) groups excluding carboxylic acids is 3. The van der Waals surface area contributed by atoms with Crippen molar-refractivity contribution in [1.82, 2.24) is 5.32 Å². The van der Waals surface area contributed by atoms with Gasteiger partial charge in [-0.05, 0) is 44.9 Å².